The maximum Gasteiger partial charge on any atom is 0.308 e. The van der Waals surface area contributed by atoms with Gasteiger partial charge in [0.2, 0.25) is 12.6 Å². The van der Waals surface area contributed by atoms with E-state index >= 15 is 0 Å². The minimum Gasteiger partial charge on any atom is -0.433 e. The van der Waals surface area contributed by atoms with Crippen molar-refractivity contribution in [1.29, 1.82) is 0 Å². The molecule has 4 atom stereocenters. The number of aliphatic hydroxyl groups is 2. The predicted octanol–water partition coefficient (Wildman–Crippen LogP) is 1.45. The van der Waals surface area contributed by atoms with Crippen LogP contribution in [-0.4, -0.2) is 60.2 Å². The molecule has 0 bridgehead atoms. The Morgan fingerprint density at radius 3 is 1.35 bits per heavy atom. The third kappa shape index (κ3) is 11.8. The Morgan fingerprint density at radius 2 is 1.12 bits per heavy atom. The molecule has 0 heterocycles. The van der Waals surface area contributed by atoms with Crippen molar-refractivity contribution >= 4 is 11.9 Å². The van der Waals surface area contributed by atoms with E-state index in [1.807, 2.05) is 0 Å². The van der Waals surface area contributed by atoms with E-state index in [-0.39, 0.29) is 26.1 Å². The summed E-state index contributed by atoms with van der Waals surface area (Å²) in [5.41, 5.74) is 1.41. The van der Waals surface area contributed by atoms with E-state index in [0.717, 1.165) is 0 Å². The Bertz CT molecular complexity index is 440. The maximum atomic E-state index is 11.8. The van der Waals surface area contributed by atoms with Crippen molar-refractivity contribution in [2.24, 2.45) is 0 Å². The molecule has 150 valence electrons. The summed E-state index contributed by atoms with van der Waals surface area (Å²) in [5.74, 6) is -1.46. The van der Waals surface area contributed by atoms with E-state index in [1.165, 1.54) is 13.8 Å². The molecule has 0 aliphatic heterocycles. The van der Waals surface area contributed by atoms with Gasteiger partial charge in [-0.3, -0.25) is 9.59 Å². The van der Waals surface area contributed by atoms with Crippen LogP contribution in [0.4, 0.5) is 0 Å². The molecule has 4 unspecified atom stereocenters. The molecule has 0 aromatic rings. The van der Waals surface area contributed by atoms with Gasteiger partial charge in [0.05, 0.1) is 26.1 Å². The lowest BCUT2D eigenvalue weighted by Crippen LogP contribution is -2.33. The number of carbonyl (C=O) groups is 2. The monoisotopic (exact) mass is 374 g/mol. The highest BCUT2D eigenvalue weighted by molar-refractivity contribution is 5.77. The zero-order valence-electron chi connectivity index (χ0n) is 15.9. The number of rotatable bonds is 13. The Morgan fingerprint density at radius 1 is 0.808 bits per heavy atom. The Hall–Kier alpha value is -1.74. The van der Waals surface area contributed by atoms with Gasteiger partial charge in [0.25, 0.3) is 0 Å². The van der Waals surface area contributed by atoms with Crippen LogP contribution in [0.3, 0.4) is 0 Å². The number of aliphatic hydroxyl groups excluding tert-OH is 2. The SMILES string of the molecule is C=C(C)COC(OC(=O)CCC(=O)OC(OCC(=C)C)C(C)O)C(C)O. The molecule has 0 fully saturated rings. The highest BCUT2D eigenvalue weighted by Crippen LogP contribution is 2.09. The molecule has 0 aromatic heterocycles. The first-order valence-corrected chi connectivity index (χ1v) is 8.30. The molecule has 0 saturated heterocycles. The van der Waals surface area contributed by atoms with Crippen molar-refractivity contribution in [3.63, 3.8) is 0 Å². The molecule has 8 heteroatoms. The molecule has 0 amide bonds. The average molecular weight is 374 g/mol. The summed E-state index contributed by atoms with van der Waals surface area (Å²) >= 11 is 0. The molecular weight excluding hydrogens is 344 g/mol. The molecular formula is C18H30O8. The predicted molar refractivity (Wildman–Crippen MR) is 93.9 cm³/mol. The van der Waals surface area contributed by atoms with Gasteiger partial charge in [-0.05, 0) is 27.7 Å². The van der Waals surface area contributed by atoms with Crippen molar-refractivity contribution in [3.05, 3.63) is 24.3 Å². The zero-order chi connectivity index (χ0) is 20.3. The fraction of sp³-hybridized carbons (Fsp3) is 0.667. The zero-order valence-corrected chi connectivity index (χ0v) is 15.9. The van der Waals surface area contributed by atoms with Crippen LogP contribution in [0.2, 0.25) is 0 Å². The Kier molecular flexibility index (Phi) is 11.7. The van der Waals surface area contributed by atoms with Crippen LogP contribution >= 0.6 is 0 Å². The molecule has 2 N–H and O–H groups in total. The second kappa shape index (κ2) is 12.6. The lowest BCUT2D eigenvalue weighted by atomic mass is 10.3. The second-order valence-corrected chi connectivity index (χ2v) is 6.23. The standard InChI is InChI=1S/C18H30O8/c1-11(2)9-23-17(13(5)19)25-15(21)7-8-16(22)26-18(14(6)20)24-10-12(3)4/h13-14,17-20H,1,3,7-10H2,2,4-6H3. The quantitative estimate of drug-likeness (QED) is 0.283. The van der Waals surface area contributed by atoms with Crippen LogP contribution < -0.4 is 0 Å². The van der Waals surface area contributed by atoms with E-state index < -0.39 is 36.7 Å². The third-order valence-electron chi connectivity index (χ3n) is 2.80. The number of ether oxygens (including phenoxy) is 4. The van der Waals surface area contributed by atoms with Gasteiger partial charge in [0, 0.05) is 0 Å². The van der Waals surface area contributed by atoms with Crippen LogP contribution in [0.15, 0.2) is 24.3 Å². The summed E-state index contributed by atoms with van der Waals surface area (Å²) in [4.78, 5) is 23.6. The largest absolute Gasteiger partial charge is 0.433 e. The van der Waals surface area contributed by atoms with Crippen molar-refractivity contribution < 1.29 is 38.7 Å². The van der Waals surface area contributed by atoms with Crippen molar-refractivity contribution in [2.45, 2.75) is 65.3 Å². The smallest absolute Gasteiger partial charge is 0.308 e. The normalized spacial score (nSPS) is 15.5. The molecule has 0 aromatic carbocycles. The molecule has 8 nitrogen and oxygen atoms in total. The molecule has 0 saturated carbocycles. The van der Waals surface area contributed by atoms with Gasteiger partial charge < -0.3 is 29.2 Å². The molecule has 0 spiro atoms. The van der Waals surface area contributed by atoms with Gasteiger partial charge in [-0.2, -0.15) is 0 Å². The molecule has 0 rings (SSSR count). The number of carbonyl (C=O) groups excluding carboxylic acids is 2. The third-order valence-corrected chi connectivity index (χ3v) is 2.80. The lowest BCUT2D eigenvalue weighted by molar-refractivity contribution is -0.203. The van der Waals surface area contributed by atoms with Crippen LogP contribution in [-0.2, 0) is 28.5 Å². The summed E-state index contributed by atoms with van der Waals surface area (Å²) in [6.07, 6.45) is -4.93. The highest BCUT2D eigenvalue weighted by atomic mass is 16.7. The van der Waals surface area contributed by atoms with E-state index in [1.54, 1.807) is 13.8 Å². The van der Waals surface area contributed by atoms with Gasteiger partial charge in [-0.1, -0.05) is 24.3 Å². The summed E-state index contributed by atoms with van der Waals surface area (Å²) < 4.78 is 20.4. The minimum absolute atomic E-state index is 0.126. The summed E-state index contributed by atoms with van der Waals surface area (Å²) in [6.45, 7) is 13.8. The van der Waals surface area contributed by atoms with Gasteiger partial charge in [-0.25, -0.2) is 0 Å². The lowest BCUT2D eigenvalue weighted by Gasteiger charge is -2.22. The first-order chi connectivity index (χ1) is 12.0. The molecule has 26 heavy (non-hydrogen) atoms. The van der Waals surface area contributed by atoms with Gasteiger partial charge in [-0.15, -0.1) is 0 Å². The fourth-order valence-corrected chi connectivity index (χ4v) is 1.57. The molecule has 0 aliphatic carbocycles. The van der Waals surface area contributed by atoms with Crippen LogP contribution in [0.25, 0.3) is 0 Å². The topological polar surface area (TPSA) is 112 Å². The van der Waals surface area contributed by atoms with Crippen molar-refractivity contribution in [3.8, 4) is 0 Å². The maximum absolute atomic E-state index is 11.8. The number of hydrogen-bond acceptors (Lipinski definition) is 8. The average Bonchev–Trinajstić information content (AvgIpc) is 2.52. The molecule has 0 radical (unpaired) electrons. The first-order valence-electron chi connectivity index (χ1n) is 8.30. The van der Waals surface area contributed by atoms with Gasteiger partial charge in [0.1, 0.15) is 12.2 Å². The van der Waals surface area contributed by atoms with E-state index in [9.17, 15) is 19.8 Å². The van der Waals surface area contributed by atoms with E-state index in [2.05, 4.69) is 13.2 Å². The first kappa shape index (κ1) is 24.3. The minimum atomic E-state index is -1.15. The summed E-state index contributed by atoms with van der Waals surface area (Å²) in [6, 6.07) is 0. The number of esters is 2. The van der Waals surface area contributed by atoms with Crippen LogP contribution in [0.1, 0.15) is 40.5 Å². The Labute approximate surface area is 154 Å². The summed E-state index contributed by atoms with van der Waals surface area (Å²) in [5, 5.41) is 19.1. The summed E-state index contributed by atoms with van der Waals surface area (Å²) in [7, 11) is 0. The van der Waals surface area contributed by atoms with E-state index in [4.69, 9.17) is 18.9 Å². The van der Waals surface area contributed by atoms with Gasteiger partial charge in [0.15, 0.2) is 0 Å². The van der Waals surface area contributed by atoms with E-state index in [0.29, 0.717) is 11.1 Å². The van der Waals surface area contributed by atoms with Crippen LogP contribution in [0.5, 0.6) is 0 Å². The fourth-order valence-electron chi connectivity index (χ4n) is 1.57. The van der Waals surface area contributed by atoms with Crippen molar-refractivity contribution in [2.75, 3.05) is 13.2 Å². The molecule has 0 aliphatic rings. The highest BCUT2D eigenvalue weighted by Gasteiger charge is 2.23. The Balaban J connectivity index is 4.38. The van der Waals surface area contributed by atoms with Crippen molar-refractivity contribution in [1.82, 2.24) is 0 Å². The van der Waals surface area contributed by atoms with Gasteiger partial charge >= 0.3 is 11.9 Å². The van der Waals surface area contributed by atoms with Crippen LogP contribution in [0, 0.1) is 0 Å². The number of hydrogen-bond donors (Lipinski definition) is 2. The second-order valence-electron chi connectivity index (χ2n) is 6.23.